The van der Waals surface area contributed by atoms with Gasteiger partial charge in [0.15, 0.2) is 11.4 Å². The quantitative estimate of drug-likeness (QED) is 0.231. The van der Waals surface area contributed by atoms with E-state index < -0.39 is 58.0 Å². The SMILES string of the molecule is CN(C)[C@@H]1C(=O)C(C(N)=O)=C(O)[C@@]2(O)C(=O)C3=C(O)c4c(O)ccc(-c5cccc(C(=O)NCCN6CCOCC6)c5)c4C[C@H]3C[C@@H]12. The van der Waals surface area contributed by atoms with E-state index >= 15 is 0 Å². The van der Waals surface area contributed by atoms with Crippen molar-refractivity contribution in [1.82, 2.24) is 15.1 Å². The number of ether oxygens (including phenoxy) is 1. The van der Waals surface area contributed by atoms with Crippen LogP contribution in [-0.2, 0) is 25.5 Å². The van der Waals surface area contributed by atoms with Crippen LogP contribution in [-0.4, -0.2) is 119 Å². The Morgan fingerprint density at radius 1 is 1.11 bits per heavy atom. The van der Waals surface area contributed by atoms with Gasteiger partial charge in [0.25, 0.3) is 11.8 Å². The minimum atomic E-state index is -2.71. The molecule has 13 heteroatoms. The van der Waals surface area contributed by atoms with E-state index in [2.05, 4.69) is 10.2 Å². The highest BCUT2D eigenvalue weighted by atomic mass is 16.5. The molecule has 1 heterocycles. The number of Topliss-reactive ketones (excluding diaryl/α,β-unsaturated/α-hetero) is 2. The van der Waals surface area contributed by atoms with Crippen molar-refractivity contribution < 1.29 is 44.3 Å². The van der Waals surface area contributed by atoms with Gasteiger partial charge in [-0.3, -0.25) is 29.0 Å². The molecule has 0 aromatic heterocycles. The number of aliphatic hydroxyl groups is 3. The van der Waals surface area contributed by atoms with Crippen molar-refractivity contribution in [1.29, 1.82) is 0 Å². The fraction of sp³-hybridized carbons (Fsp3) is 0.412. The van der Waals surface area contributed by atoms with Crippen LogP contribution in [0.25, 0.3) is 16.9 Å². The summed E-state index contributed by atoms with van der Waals surface area (Å²) >= 11 is 0. The molecule has 2 fully saturated rings. The minimum Gasteiger partial charge on any atom is -0.508 e. The molecule has 248 valence electrons. The Morgan fingerprint density at radius 3 is 2.51 bits per heavy atom. The lowest BCUT2D eigenvalue weighted by molar-refractivity contribution is -0.153. The largest absolute Gasteiger partial charge is 0.508 e. The Bertz CT molecular complexity index is 1740. The van der Waals surface area contributed by atoms with Crippen LogP contribution in [0.3, 0.4) is 0 Å². The smallest absolute Gasteiger partial charge is 0.255 e. The molecule has 2 aromatic rings. The van der Waals surface area contributed by atoms with Gasteiger partial charge in [-0.05, 0) is 67.7 Å². The first-order valence-electron chi connectivity index (χ1n) is 15.5. The lowest BCUT2D eigenvalue weighted by atomic mass is 9.57. The van der Waals surface area contributed by atoms with Gasteiger partial charge >= 0.3 is 0 Å². The number of phenols is 1. The Morgan fingerprint density at radius 2 is 1.83 bits per heavy atom. The number of carbonyl (C=O) groups excluding carboxylic acids is 4. The molecule has 2 amide bonds. The summed E-state index contributed by atoms with van der Waals surface area (Å²) in [6.07, 6.45) is 0.112. The van der Waals surface area contributed by atoms with E-state index in [-0.39, 0.29) is 35.6 Å². The summed E-state index contributed by atoms with van der Waals surface area (Å²) < 4.78 is 5.37. The fourth-order valence-corrected chi connectivity index (χ4v) is 7.60. The summed E-state index contributed by atoms with van der Waals surface area (Å²) in [6, 6.07) is 8.81. The third kappa shape index (κ3) is 5.28. The van der Waals surface area contributed by atoms with Crippen molar-refractivity contribution >= 4 is 29.1 Å². The first-order valence-corrected chi connectivity index (χ1v) is 15.5. The number of nitrogens with one attached hydrogen (secondary N) is 1. The van der Waals surface area contributed by atoms with Crippen LogP contribution in [0.5, 0.6) is 5.75 Å². The maximum Gasteiger partial charge on any atom is 0.255 e. The number of aromatic hydroxyl groups is 1. The summed E-state index contributed by atoms with van der Waals surface area (Å²) in [5.41, 5.74) is 3.77. The molecular formula is C34H38N4O9. The molecule has 47 heavy (non-hydrogen) atoms. The molecule has 1 saturated carbocycles. The molecule has 1 saturated heterocycles. The highest BCUT2D eigenvalue weighted by Crippen LogP contribution is 2.53. The Kier molecular flexibility index (Phi) is 8.43. The number of nitrogens with two attached hydrogens (primary N) is 1. The molecule has 13 nitrogen and oxygen atoms in total. The molecule has 4 aliphatic rings. The second-order valence-electron chi connectivity index (χ2n) is 12.7. The summed E-state index contributed by atoms with van der Waals surface area (Å²) in [5, 5.41) is 48.3. The van der Waals surface area contributed by atoms with E-state index in [4.69, 9.17) is 10.5 Å². The van der Waals surface area contributed by atoms with Crippen molar-refractivity contribution in [3.8, 4) is 16.9 Å². The average Bonchev–Trinajstić information content (AvgIpc) is 3.03. The van der Waals surface area contributed by atoms with Crippen LogP contribution in [0.4, 0.5) is 0 Å². The summed E-state index contributed by atoms with van der Waals surface area (Å²) in [6.45, 7) is 4.11. The number of benzene rings is 2. The van der Waals surface area contributed by atoms with E-state index in [1.807, 2.05) is 0 Å². The van der Waals surface area contributed by atoms with Crippen LogP contribution >= 0.6 is 0 Å². The predicted octanol–water partition coefficient (Wildman–Crippen LogP) is 0.693. The number of ketones is 2. The number of nitrogens with zero attached hydrogens (tertiary/aromatic N) is 2. The second kappa shape index (κ2) is 12.2. The van der Waals surface area contributed by atoms with Crippen molar-refractivity contribution in [3.05, 3.63) is 70.0 Å². The number of hydrogen-bond donors (Lipinski definition) is 6. The first-order chi connectivity index (χ1) is 22.4. The number of rotatable bonds is 7. The van der Waals surface area contributed by atoms with Crippen LogP contribution in [0, 0.1) is 11.8 Å². The van der Waals surface area contributed by atoms with Gasteiger partial charge in [0, 0.05) is 43.2 Å². The predicted molar refractivity (Wildman–Crippen MR) is 169 cm³/mol. The van der Waals surface area contributed by atoms with Gasteiger partial charge in [-0.1, -0.05) is 18.2 Å². The highest BCUT2D eigenvalue weighted by Gasteiger charge is 2.64. The van der Waals surface area contributed by atoms with E-state index in [1.165, 1.54) is 11.0 Å². The van der Waals surface area contributed by atoms with Gasteiger partial charge in [0.2, 0.25) is 5.78 Å². The van der Waals surface area contributed by atoms with Gasteiger partial charge in [-0.2, -0.15) is 0 Å². The fourth-order valence-electron chi connectivity index (χ4n) is 7.60. The number of aliphatic hydroxyl groups excluding tert-OH is 2. The monoisotopic (exact) mass is 646 g/mol. The number of morpholine rings is 1. The zero-order valence-corrected chi connectivity index (χ0v) is 26.2. The Balaban J connectivity index is 1.36. The Labute approximate surface area is 270 Å². The third-order valence-electron chi connectivity index (χ3n) is 9.86. The van der Waals surface area contributed by atoms with Gasteiger partial charge in [-0.15, -0.1) is 0 Å². The Hall–Kier alpha value is -4.56. The number of hydrogen-bond acceptors (Lipinski definition) is 11. The maximum atomic E-state index is 14.1. The molecule has 3 aliphatic carbocycles. The summed E-state index contributed by atoms with van der Waals surface area (Å²) in [7, 11) is 3.10. The number of likely N-dealkylation sites (N-methyl/N-ethyl adjacent to an activating group) is 1. The molecule has 0 unspecified atom stereocenters. The van der Waals surface area contributed by atoms with Gasteiger partial charge in [-0.25, -0.2) is 0 Å². The molecule has 2 aromatic carbocycles. The minimum absolute atomic E-state index is 0.0147. The van der Waals surface area contributed by atoms with Crippen LogP contribution in [0.1, 0.15) is 27.9 Å². The van der Waals surface area contributed by atoms with Gasteiger partial charge < -0.3 is 36.2 Å². The van der Waals surface area contributed by atoms with Crippen LogP contribution in [0.15, 0.2) is 53.3 Å². The van der Waals surface area contributed by atoms with E-state index in [1.54, 1.807) is 44.4 Å². The molecular weight excluding hydrogens is 608 g/mol. The zero-order chi connectivity index (χ0) is 33.8. The normalized spacial score (nSPS) is 26.2. The molecule has 1 aliphatic heterocycles. The molecule has 7 N–H and O–H groups in total. The van der Waals surface area contributed by atoms with Crippen molar-refractivity contribution in [2.75, 3.05) is 53.5 Å². The standard InChI is InChI=1S/C34H38N4O9/c1-37(2)27-22-16-19-15-21-20(17-4-3-5-18(14-17)33(45)36-8-9-38-10-12-47-13-11-38)6-7-23(39)25(21)28(40)24(19)30(42)34(22,46)31(43)26(29(27)41)32(35)44/h3-7,14,19,22,27,39-40,43,46H,8-13,15-16H2,1-2H3,(H2,35,44)(H,36,45)/t19-,22-,27-,34-/m0/s1. The van der Waals surface area contributed by atoms with Crippen molar-refractivity contribution in [2.45, 2.75) is 24.5 Å². The van der Waals surface area contributed by atoms with Crippen LogP contribution in [0.2, 0.25) is 0 Å². The third-order valence-corrected chi connectivity index (χ3v) is 9.86. The van der Waals surface area contributed by atoms with Crippen molar-refractivity contribution in [2.24, 2.45) is 17.6 Å². The number of phenolic OH excluding ortho intramolecular Hbond substituents is 1. The van der Waals surface area contributed by atoms with E-state index in [9.17, 15) is 39.6 Å². The summed E-state index contributed by atoms with van der Waals surface area (Å²) in [4.78, 5) is 56.4. The highest BCUT2D eigenvalue weighted by molar-refractivity contribution is 6.24. The average molecular weight is 647 g/mol. The number of amides is 2. The maximum absolute atomic E-state index is 14.1. The number of fused-ring (bicyclic) bond motifs is 3. The first kappa shape index (κ1) is 32.4. The topological polar surface area (TPSA) is 203 Å². The molecule has 0 bridgehead atoms. The molecule has 0 radical (unpaired) electrons. The van der Waals surface area contributed by atoms with E-state index in [0.717, 1.165) is 13.1 Å². The van der Waals surface area contributed by atoms with Gasteiger partial charge in [0.05, 0.1) is 24.8 Å². The summed E-state index contributed by atoms with van der Waals surface area (Å²) in [5.74, 6) is -7.33. The lowest BCUT2D eigenvalue weighted by Gasteiger charge is -2.50. The zero-order valence-electron chi connectivity index (χ0n) is 26.2. The number of carbonyl (C=O) groups is 4. The van der Waals surface area contributed by atoms with Crippen molar-refractivity contribution in [3.63, 3.8) is 0 Å². The van der Waals surface area contributed by atoms with E-state index in [0.29, 0.717) is 48.6 Å². The van der Waals surface area contributed by atoms with Crippen LogP contribution < -0.4 is 11.1 Å². The molecule has 4 atom stereocenters. The molecule has 0 spiro atoms. The lowest BCUT2D eigenvalue weighted by Crippen LogP contribution is -2.65. The number of primary amides is 1. The van der Waals surface area contributed by atoms with Gasteiger partial charge in [0.1, 0.15) is 22.8 Å². The molecule has 6 rings (SSSR count). The second-order valence-corrected chi connectivity index (χ2v) is 12.7.